The van der Waals surface area contributed by atoms with Crippen molar-refractivity contribution in [1.82, 2.24) is 0 Å². The van der Waals surface area contributed by atoms with Gasteiger partial charge in [-0.15, -0.1) is 0 Å². The van der Waals surface area contributed by atoms with Crippen molar-refractivity contribution in [3.8, 4) is 0 Å². The third-order valence-electron chi connectivity index (χ3n) is 7.91. The Bertz CT molecular complexity index is 678. The normalized spacial score (nSPS) is 30.7. The second-order valence-electron chi connectivity index (χ2n) is 10.0. The topological polar surface area (TPSA) is 52.0 Å². The Morgan fingerprint density at radius 3 is 1.55 bits per heavy atom. The van der Waals surface area contributed by atoms with Crippen LogP contribution in [0.2, 0.25) is 0 Å². The van der Waals surface area contributed by atoms with Gasteiger partial charge < -0.3 is 11.5 Å². The van der Waals surface area contributed by atoms with E-state index in [2.05, 4.69) is 55.5 Å². The van der Waals surface area contributed by atoms with E-state index in [0.717, 1.165) is 24.2 Å². The summed E-state index contributed by atoms with van der Waals surface area (Å²) in [7, 11) is 0. The first kappa shape index (κ1) is 20.6. The minimum Gasteiger partial charge on any atom is -0.330 e. The maximum atomic E-state index is 6.19. The highest BCUT2D eigenvalue weighted by Gasteiger charge is 2.52. The average molecular weight is 391 g/mol. The van der Waals surface area contributed by atoms with Crippen LogP contribution in [0.5, 0.6) is 0 Å². The lowest BCUT2D eigenvalue weighted by molar-refractivity contribution is -0.0637. The smallest absolute Gasteiger partial charge is 0.0101 e. The van der Waals surface area contributed by atoms with E-state index in [1.165, 1.54) is 49.7 Å². The molecule has 156 valence electrons. The molecule has 6 rings (SSSR count). The molecule has 1 atom stereocenters. The van der Waals surface area contributed by atoms with Gasteiger partial charge in [0.05, 0.1) is 0 Å². The molecule has 0 spiro atoms. The molecule has 4 N–H and O–H groups in total. The maximum absolute atomic E-state index is 6.19. The zero-order valence-corrected chi connectivity index (χ0v) is 18.0. The molecule has 29 heavy (non-hydrogen) atoms. The number of rotatable bonds is 5. The summed E-state index contributed by atoms with van der Waals surface area (Å²) in [5.41, 5.74) is 15.2. The highest BCUT2D eigenvalue weighted by Crippen LogP contribution is 2.60. The van der Waals surface area contributed by atoms with E-state index in [0.29, 0.717) is 23.9 Å². The summed E-state index contributed by atoms with van der Waals surface area (Å²) in [6.45, 7) is 2.96. The predicted molar refractivity (Wildman–Crippen MR) is 123 cm³/mol. The highest BCUT2D eigenvalue weighted by atomic mass is 14.7. The summed E-state index contributed by atoms with van der Waals surface area (Å²) in [6, 6.07) is 21.6. The van der Waals surface area contributed by atoms with Gasteiger partial charge in [0.15, 0.2) is 0 Å². The fraction of sp³-hybridized carbons (Fsp3) is 0.556. The first-order valence-electron chi connectivity index (χ1n) is 11.6. The second kappa shape index (κ2) is 9.02. The molecule has 4 saturated carbocycles. The lowest BCUT2D eigenvalue weighted by Gasteiger charge is -2.58. The van der Waals surface area contributed by atoms with Crippen LogP contribution in [0.1, 0.15) is 68.9 Å². The molecular weight excluding hydrogens is 352 g/mol. The van der Waals surface area contributed by atoms with Crippen LogP contribution >= 0.6 is 0 Å². The van der Waals surface area contributed by atoms with Gasteiger partial charge >= 0.3 is 0 Å². The van der Waals surface area contributed by atoms with Gasteiger partial charge in [-0.2, -0.15) is 0 Å². The van der Waals surface area contributed by atoms with Crippen molar-refractivity contribution in [1.29, 1.82) is 0 Å². The third kappa shape index (κ3) is 4.59. The molecule has 2 aromatic carbocycles. The van der Waals surface area contributed by atoms with E-state index < -0.39 is 0 Å². The Kier molecular flexibility index (Phi) is 6.41. The zero-order chi connectivity index (χ0) is 20.3. The van der Waals surface area contributed by atoms with Crippen molar-refractivity contribution in [2.75, 3.05) is 6.54 Å². The van der Waals surface area contributed by atoms with Crippen LogP contribution in [0, 0.1) is 23.2 Å². The molecule has 2 heteroatoms. The molecular formula is C27H38N2. The van der Waals surface area contributed by atoms with Gasteiger partial charge in [0.25, 0.3) is 0 Å². The van der Waals surface area contributed by atoms with E-state index >= 15 is 0 Å². The van der Waals surface area contributed by atoms with Crippen LogP contribution in [0.3, 0.4) is 0 Å². The monoisotopic (exact) mass is 390 g/mol. The van der Waals surface area contributed by atoms with E-state index in [1.807, 2.05) is 12.1 Å². The summed E-state index contributed by atoms with van der Waals surface area (Å²) in [5.74, 6) is 3.58. The molecule has 0 aliphatic heterocycles. The van der Waals surface area contributed by atoms with E-state index in [-0.39, 0.29) is 0 Å². The van der Waals surface area contributed by atoms with E-state index in [4.69, 9.17) is 11.5 Å². The number of nitrogens with two attached hydrogens (primary N) is 2. The predicted octanol–water partition coefficient (Wildman–Crippen LogP) is 5.72. The largest absolute Gasteiger partial charge is 0.330 e. The third-order valence-corrected chi connectivity index (χ3v) is 7.91. The quantitative estimate of drug-likeness (QED) is 0.686. The summed E-state index contributed by atoms with van der Waals surface area (Å²) in [5, 5.41) is 0. The van der Waals surface area contributed by atoms with Gasteiger partial charge in [0.1, 0.15) is 0 Å². The Hall–Kier alpha value is -1.64. The molecule has 4 aliphatic rings. The number of hydrogen-bond acceptors (Lipinski definition) is 2. The van der Waals surface area contributed by atoms with Crippen molar-refractivity contribution in [2.45, 2.75) is 63.8 Å². The van der Waals surface area contributed by atoms with Crippen molar-refractivity contribution in [3.63, 3.8) is 0 Å². The zero-order valence-electron chi connectivity index (χ0n) is 18.0. The molecule has 4 fully saturated rings. The van der Waals surface area contributed by atoms with Crippen LogP contribution in [0.4, 0.5) is 0 Å². The Balaban J connectivity index is 0.000000144. The maximum Gasteiger partial charge on any atom is 0.0101 e. The van der Waals surface area contributed by atoms with Crippen molar-refractivity contribution >= 4 is 0 Å². The molecule has 0 amide bonds. The molecule has 2 nitrogen and oxygen atoms in total. The Morgan fingerprint density at radius 1 is 0.793 bits per heavy atom. The summed E-state index contributed by atoms with van der Waals surface area (Å²) in [6.07, 6.45) is 9.96. The Morgan fingerprint density at radius 2 is 1.21 bits per heavy atom. The van der Waals surface area contributed by atoms with Gasteiger partial charge in [-0.3, -0.25) is 0 Å². The second-order valence-corrected chi connectivity index (χ2v) is 10.0. The summed E-state index contributed by atoms with van der Waals surface area (Å²) < 4.78 is 0. The van der Waals surface area contributed by atoms with Crippen LogP contribution in [0.15, 0.2) is 60.7 Å². The van der Waals surface area contributed by atoms with Crippen molar-refractivity contribution in [2.24, 2.45) is 34.6 Å². The van der Waals surface area contributed by atoms with Crippen LogP contribution in [-0.2, 0) is 0 Å². The molecule has 1 unspecified atom stereocenters. The molecule has 0 heterocycles. The minimum atomic E-state index is 0.424. The van der Waals surface area contributed by atoms with Crippen LogP contribution < -0.4 is 11.5 Å². The fourth-order valence-corrected chi connectivity index (χ4v) is 6.80. The number of hydrogen-bond donors (Lipinski definition) is 2. The van der Waals surface area contributed by atoms with Gasteiger partial charge in [-0.1, -0.05) is 60.7 Å². The van der Waals surface area contributed by atoms with Gasteiger partial charge in [-0.25, -0.2) is 0 Å². The fourth-order valence-electron chi connectivity index (χ4n) is 6.80. The van der Waals surface area contributed by atoms with Gasteiger partial charge in [-0.05, 0) is 92.7 Å². The first-order chi connectivity index (χ1) is 14.1. The van der Waals surface area contributed by atoms with E-state index in [9.17, 15) is 0 Å². The average Bonchev–Trinajstić information content (AvgIpc) is 2.73. The van der Waals surface area contributed by atoms with Gasteiger partial charge in [0, 0.05) is 12.0 Å². The molecule has 0 radical (unpaired) electrons. The lowest BCUT2D eigenvalue weighted by Crippen LogP contribution is -2.53. The number of benzene rings is 2. The molecule has 2 aromatic rings. The van der Waals surface area contributed by atoms with Crippen LogP contribution in [0.25, 0.3) is 0 Å². The summed E-state index contributed by atoms with van der Waals surface area (Å²) in [4.78, 5) is 0. The lowest BCUT2D eigenvalue weighted by atomic mass is 9.48. The first-order valence-corrected chi connectivity index (χ1v) is 11.6. The molecule has 0 saturated heterocycles. The standard InChI is InChI=1S/C15H17N.C12H21N/c16-12-11-15(13-7-3-1-4-8-13)14-9-5-2-6-10-14;1-8(13)12-5-9-2-10(6-12)4-11(3-9)7-12/h1-10,15H,11-12,16H2;8-11H,2-7,13H2,1H3. The van der Waals surface area contributed by atoms with Crippen molar-refractivity contribution < 1.29 is 0 Å². The van der Waals surface area contributed by atoms with Gasteiger partial charge in [0.2, 0.25) is 0 Å². The highest BCUT2D eigenvalue weighted by molar-refractivity contribution is 5.32. The SMILES string of the molecule is CC(N)C12CC3CC(CC(C3)C1)C2.NCCC(c1ccccc1)c1ccccc1. The van der Waals surface area contributed by atoms with Crippen molar-refractivity contribution in [3.05, 3.63) is 71.8 Å². The van der Waals surface area contributed by atoms with Crippen LogP contribution in [-0.4, -0.2) is 12.6 Å². The Labute approximate surface area is 177 Å². The molecule has 4 bridgehead atoms. The summed E-state index contributed by atoms with van der Waals surface area (Å²) >= 11 is 0. The molecule has 4 aliphatic carbocycles. The molecule has 0 aromatic heterocycles. The minimum absolute atomic E-state index is 0.424. The van der Waals surface area contributed by atoms with E-state index in [1.54, 1.807) is 0 Å².